The summed E-state index contributed by atoms with van der Waals surface area (Å²) in [5, 5.41) is 24.7. The van der Waals surface area contributed by atoms with Crippen molar-refractivity contribution in [2.24, 2.45) is 5.92 Å². The Labute approximate surface area is 461 Å². The highest BCUT2D eigenvalue weighted by molar-refractivity contribution is 6.02. The van der Waals surface area contributed by atoms with Crippen molar-refractivity contribution in [1.82, 2.24) is 20.5 Å². The van der Waals surface area contributed by atoms with E-state index in [1.165, 1.54) is 30.3 Å². The van der Waals surface area contributed by atoms with E-state index in [1.807, 2.05) is 61.5 Å². The van der Waals surface area contributed by atoms with Gasteiger partial charge in [0.1, 0.15) is 30.0 Å². The Morgan fingerprint density at radius 1 is 0.728 bits per heavy atom. The third-order valence-electron chi connectivity index (χ3n) is 14.9. The molecule has 5 amide bonds. The number of rotatable bonds is 19. The number of amides is 5. The zero-order chi connectivity index (χ0) is 57.8. The number of carbonyl (C=O) groups is 6. The minimum atomic E-state index is -5.25. The van der Waals surface area contributed by atoms with Crippen LogP contribution >= 0.6 is 0 Å². The lowest BCUT2D eigenvalue weighted by molar-refractivity contribution is -0.167. The number of halogens is 6. The number of nitrogens with zero attached hydrogens (tertiary/aromatic N) is 2. The molecular formula is C59H59F6N7O9. The van der Waals surface area contributed by atoms with Gasteiger partial charge in [0.25, 0.3) is 5.91 Å². The van der Waals surface area contributed by atoms with Crippen LogP contribution in [0, 0.1) is 5.92 Å². The summed E-state index contributed by atoms with van der Waals surface area (Å²) in [4.78, 5) is 79.9. The van der Waals surface area contributed by atoms with Gasteiger partial charge in [0.15, 0.2) is 5.60 Å². The third kappa shape index (κ3) is 12.4. The predicted molar refractivity (Wildman–Crippen MR) is 288 cm³/mol. The molecule has 0 saturated heterocycles. The average molecular weight is 1120 g/mol. The Hall–Kier alpha value is -8.24. The molecule has 6 aromatic rings. The highest BCUT2D eigenvalue weighted by Crippen LogP contribution is 2.57. The number of esters is 1. The molecule has 9 rings (SSSR count). The maximum atomic E-state index is 13.9. The standard InChI is InChI=1S/C59H59F6N7O9/c1-3-34-12-11-14-41(28-34)71(4-2)50(73)33-72-46-15-8-7-13-36(46)30-47(72)53(76)68-38-19-16-35(17-20-38)51(74)66-26-9-5-6-10-27-67-52(75)37-18-23-43-42(29-37)54(77)81-57(43)44-24-21-39(69-55(78)58(60,61)62)31-48(44)80-49-32-40(22-25-45(49)57)70-56(79)59(63,64)65/h7-8,11-15,18,21-25,28-32,35,38,52,67,75H,3-6,9-10,16-17,19-20,26-27,33H2,1-2H3,(H,66,74)(H,68,76)(H,69,78)(H,70,79). The maximum absolute atomic E-state index is 13.9. The fourth-order valence-electron chi connectivity index (χ4n) is 10.8. The number of likely N-dealkylation sites (N-methyl/N-ethyl adjacent to an activating group) is 1. The molecule has 0 bridgehead atoms. The molecule has 1 aliphatic carbocycles. The van der Waals surface area contributed by atoms with Gasteiger partial charge in [0, 0.05) is 81.8 Å². The molecule has 1 fully saturated rings. The van der Waals surface area contributed by atoms with E-state index >= 15 is 0 Å². The monoisotopic (exact) mass is 1120 g/mol. The molecule has 5 aromatic carbocycles. The van der Waals surface area contributed by atoms with Crippen LogP contribution in [-0.2, 0) is 42.5 Å². The van der Waals surface area contributed by atoms with Gasteiger partial charge in [-0.2, -0.15) is 26.3 Å². The maximum Gasteiger partial charge on any atom is 0.471 e. The quantitative estimate of drug-likeness (QED) is 0.0196. The van der Waals surface area contributed by atoms with Gasteiger partial charge < -0.3 is 45.3 Å². The molecule has 426 valence electrons. The summed E-state index contributed by atoms with van der Waals surface area (Å²) in [6.07, 6.45) is -5.51. The van der Waals surface area contributed by atoms with Gasteiger partial charge >= 0.3 is 30.1 Å². The molecule has 16 nitrogen and oxygen atoms in total. The molecule has 1 saturated carbocycles. The molecule has 3 aliphatic rings. The molecule has 3 heterocycles. The van der Waals surface area contributed by atoms with Gasteiger partial charge in [-0.1, -0.05) is 62.2 Å². The number of unbranched alkanes of at least 4 members (excludes halogenated alkanes) is 3. The van der Waals surface area contributed by atoms with Gasteiger partial charge in [-0.15, -0.1) is 0 Å². The van der Waals surface area contributed by atoms with E-state index in [4.69, 9.17) is 9.47 Å². The smallest absolute Gasteiger partial charge is 0.456 e. The SMILES string of the molecule is CCc1cccc(N(CC)C(=O)Cn2c(C(=O)NC3CCC(C(=O)NCCCCCCNC(O)c4ccc5c(c4)C(=O)OC54c5ccc(NC(=O)C(F)(F)F)cc5Oc5cc(NC(=O)C(F)(F)F)ccc54)CC3)cc3ccccc32)c1. The topological polar surface area (TPSA) is 209 Å². The Bertz CT molecular complexity index is 3310. The fourth-order valence-corrected chi connectivity index (χ4v) is 10.8. The van der Waals surface area contributed by atoms with E-state index in [0.29, 0.717) is 57.4 Å². The predicted octanol–water partition coefficient (Wildman–Crippen LogP) is 10.1. The summed E-state index contributed by atoms with van der Waals surface area (Å²) in [5.74, 6) is -6.53. The lowest BCUT2D eigenvalue weighted by Crippen LogP contribution is -2.42. The first-order valence-electron chi connectivity index (χ1n) is 26.8. The first kappa shape index (κ1) is 57.4. The van der Waals surface area contributed by atoms with E-state index in [2.05, 4.69) is 22.9 Å². The minimum absolute atomic E-state index is 0.00666. The average Bonchev–Trinajstić information content (AvgIpc) is 2.82. The van der Waals surface area contributed by atoms with Crippen LogP contribution in [0.3, 0.4) is 0 Å². The number of aromatic nitrogens is 1. The molecule has 2 aliphatic heterocycles. The lowest BCUT2D eigenvalue weighted by Gasteiger charge is -2.37. The van der Waals surface area contributed by atoms with Gasteiger partial charge in [0.2, 0.25) is 11.8 Å². The van der Waals surface area contributed by atoms with E-state index in [1.54, 1.807) is 20.1 Å². The Kier molecular flexibility index (Phi) is 16.9. The van der Waals surface area contributed by atoms with Crippen LogP contribution in [-0.4, -0.2) is 83.2 Å². The molecular weight excluding hydrogens is 1060 g/mol. The van der Waals surface area contributed by atoms with Gasteiger partial charge in [-0.25, -0.2) is 4.79 Å². The largest absolute Gasteiger partial charge is 0.471 e. The Morgan fingerprint density at radius 2 is 1.36 bits per heavy atom. The number of hydrogen-bond acceptors (Lipinski definition) is 10. The molecule has 22 heteroatoms. The summed E-state index contributed by atoms with van der Waals surface area (Å²) in [7, 11) is 0. The first-order valence-corrected chi connectivity index (χ1v) is 26.8. The first-order chi connectivity index (χ1) is 38.7. The second kappa shape index (κ2) is 23.8. The van der Waals surface area contributed by atoms with Crippen molar-refractivity contribution in [3.8, 4) is 11.5 Å². The van der Waals surface area contributed by atoms with Crippen molar-refractivity contribution in [3.63, 3.8) is 0 Å². The zero-order valence-corrected chi connectivity index (χ0v) is 44.2. The van der Waals surface area contributed by atoms with Crippen molar-refractivity contribution in [1.29, 1.82) is 0 Å². The van der Waals surface area contributed by atoms with E-state index in [9.17, 15) is 60.2 Å². The number of hydrogen-bond donors (Lipinski definition) is 6. The van der Waals surface area contributed by atoms with Gasteiger partial charge in [-0.3, -0.25) is 29.3 Å². The van der Waals surface area contributed by atoms with Crippen molar-refractivity contribution in [2.75, 3.05) is 35.2 Å². The van der Waals surface area contributed by atoms with Crippen LogP contribution < -0.4 is 36.2 Å². The van der Waals surface area contributed by atoms with Crippen molar-refractivity contribution in [2.45, 2.75) is 108 Å². The van der Waals surface area contributed by atoms with Crippen LogP contribution in [0.2, 0.25) is 0 Å². The highest BCUT2D eigenvalue weighted by Gasteiger charge is 2.54. The number of benzene rings is 5. The van der Waals surface area contributed by atoms with Crippen LogP contribution in [0.1, 0.15) is 120 Å². The van der Waals surface area contributed by atoms with Crippen LogP contribution in [0.5, 0.6) is 11.5 Å². The van der Waals surface area contributed by atoms with Crippen LogP contribution in [0.15, 0.2) is 109 Å². The number of alkyl halides is 6. The highest BCUT2D eigenvalue weighted by atomic mass is 19.4. The van der Waals surface area contributed by atoms with Crippen molar-refractivity contribution in [3.05, 3.63) is 148 Å². The van der Waals surface area contributed by atoms with E-state index in [-0.39, 0.29) is 86.9 Å². The number of para-hydroxylation sites is 1. The fraction of sp³-hybridized carbons (Fsp3) is 0.356. The van der Waals surface area contributed by atoms with Gasteiger partial charge in [0.05, 0.1) is 5.56 Å². The summed E-state index contributed by atoms with van der Waals surface area (Å²) >= 11 is 0. The van der Waals surface area contributed by atoms with Crippen LogP contribution in [0.4, 0.5) is 43.4 Å². The Morgan fingerprint density at radius 3 is 1.99 bits per heavy atom. The molecule has 1 spiro atoms. The number of fused-ring (bicyclic) bond motifs is 7. The van der Waals surface area contributed by atoms with Crippen molar-refractivity contribution < 1.29 is 69.7 Å². The number of aliphatic hydroxyl groups excluding tert-OH is 1. The number of ether oxygens (including phenoxy) is 2. The molecule has 81 heavy (non-hydrogen) atoms. The van der Waals surface area contributed by atoms with Crippen molar-refractivity contribution >= 4 is 63.5 Å². The number of nitrogens with one attached hydrogen (secondary N) is 5. The van der Waals surface area contributed by atoms with Gasteiger partial charge in [-0.05, 0) is 124 Å². The lowest BCUT2D eigenvalue weighted by atomic mass is 9.77. The molecule has 6 N–H and O–H groups in total. The number of anilines is 3. The summed E-state index contributed by atoms with van der Waals surface area (Å²) < 4.78 is 92.6. The summed E-state index contributed by atoms with van der Waals surface area (Å²) in [5.41, 5.74) is 1.16. The van der Waals surface area contributed by atoms with Crippen LogP contribution in [0.25, 0.3) is 10.9 Å². The summed E-state index contributed by atoms with van der Waals surface area (Å²) in [6.45, 7) is 5.31. The minimum Gasteiger partial charge on any atom is -0.456 e. The summed E-state index contributed by atoms with van der Waals surface area (Å²) in [6, 6.07) is 28.4. The molecule has 1 aromatic heterocycles. The van der Waals surface area contributed by atoms with E-state index < -0.39 is 42.0 Å². The Balaban J connectivity index is 0.741. The molecule has 0 radical (unpaired) electrons. The zero-order valence-electron chi connectivity index (χ0n) is 44.2. The molecule has 1 atom stereocenters. The number of aliphatic hydroxyl groups is 1. The second-order valence-electron chi connectivity index (χ2n) is 20.2. The number of carbonyl (C=O) groups excluding carboxylic acids is 6. The third-order valence-corrected chi connectivity index (χ3v) is 14.9. The normalized spacial score (nSPS) is 16.5. The second-order valence-corrected chi connectivity index (χ2v) is 20.2. The molecule has 1 unspecified atom stereocenters. The van der Waals surface area contributed by atoms with E-state index in [0.717, 1.165) is 72.1 Å². The number of aryl methyl sites for hydroxylation is 1.